The van der Waals surface area contributed by atoms with Gasteiger partial charge in [-0.3, -0.25) is 4.99 Å². The Balaban J connectivity index is -0.000000529. The summed E-state index contributed by atoms with van der Waals surface area (Å²) in [6, 6.07) is 0. The van der Waals surface area contributed by atoms with Crippen molar-refractivity contribution in [1.29, 1.82) is 5.41 Å². The molecule has 0 saturated heterocycles. The molecule has 0 amide bonds. The molecule has 0 rings (SSSR count). The Labute approximate surface area is 95.5 Å². The summed E-state index contributed by atoms with van der Waals surface area (Å²) in [4.78, 5) is 4.08. The standard InChI is InChI=1S/C10H19N3.C2H6.H2/c1-5-13-10(12)9(6-11)8(4)7(2)3;1-2;/h6-7,11H,5H2,1-4H3,(H2,12,13);1-2H3;1H/b9-8+,11-6?;;. The Kier molecular flexibility index (Phi) is 10.3. The smallest absolute Gasteiger partial charge is 0.127 e. The minimum atomic E-state index is 0. The fourth-order valence-corrected chi connectivity index (χ4v) is 0.956. The van der Waals surface area contributed by atoms with Gasteiger partial charge in [0, 0.05) is 19.8 Å². The first-order chi connectivity index (χ1) is 7.04. The molecule has 0 aliphatic heterocycles. The first-order valence-electron chi connectivity index (χ1n) is 5.56. The second kappa shape index (κ2) is 9.44. The van der Waals surface area contributed by atoms with Gasteiger partial charge in [0.15, 0.2) is 0 Å². The summed E-state index contributed by atoms with van der Waals surface area (Å²) in [5.41, 5.74) is 7.60. The van der Waals surface area contributed by atoms with E-state index in [1.807, 2.05) is 27.7 Å². The Morgan fingerprint density at radius 2 is 1.93 bits per heavy atom. The van der Waals surface area contributed by atoms with E-state index in [1.54, 1.807) is 0 Å². The Morgan fingerprint density at radius 1 is 1.47 bits per heavy atom. The molecule has 0 bridgehead atoms. The van der Waals surface area contributed by atoms with Crippen LogP contribution in [0.3, 0.4) is 0 Å². The number of rotatable bonds is 4. The first-order valence-corrected chi connectivity index (χ1v) is 5.56. The lowest BCUT2D eigenvalue weighted by Crippen LogP contribution is -2.18. The van der Waals surface area contributed by atoms with Gasteiger partial charge in [0.2, 0.25) is 0 Å². The molecule has 0 heterocycles. The number of hydrogen-bond acceptors (Lipinski definition) is 2. The van der Waals surface area contributed by atoms with Gasteiger partial charge in [-0.15, -0.1) is 0 Å². The van der Waals surface area contributed by atoms with Crippen molar-refractivity contribution in [1.82, 2.24) is 0 Å². The number of nitrogens with two attached hydrogens (primary N) is 1. The van der Waals surface area contributed by atoms with Gasteiger partial charge in [0.1, 0.15) is 5.84 Å². The average molecular weight is 213 g/mol. The number of nitrogens with zero attached hydrogens (tertiary/aromatic N) is 1. The van der Waals surface area contributed by atoms with Crippen molar-refractivity contribution < 1.29 is 1.43 Å². The molecule has 0 saturated carbocycles. The van der Waals surface area contributed by atoms with Crippen LogP contribution in [0.2, 0.25) is 0 Å². The van der Waals surface area contributed by atoms with Crippen LogP contribution in [0.25, 0.3) is 0 Å². The number of allylic oxidation sites excluding steroid dienone is 1. The lowest BCUT2D eigenvalue weighted by Gasteiger charge is -2.10. The third-order valence-electron chi connectivity index (χ3n) is 2.04. The molecular formula is C12H27N3. The predicted octanol–water partition coefficient (Wildman–Crippen LogP) is 3.26. The predicted molar refractivity (Wildman–Crippen MR) is 71.9 cm³/mol. The van der Waals surface area contributed by atoms with Gasteiger partial charge in [-0.1, -0.05) is 33.3 Å². The maximum atomic E-state index is 7.25. The zero-order valence-electron chi connectivity index (χ0n) is 10.9. The molecule has 0 unspecified atom stereocenters. The fourth-order valence-electron chi connectivity index (χ4n) is 0.956. The largest absolute Gasteiger partial charge is 0.383 e. The van der Waals surface area contributed by atoms with Gasteiger partial charge in [-0.2, -0.15) is 0 Å². The maximum absolute atomic E-state index is 7.25. The molecule has 15 heavy (non-hydrogen) atoms. The van der Waals surface area contributed by atoms with Crippen molar-refractivity contribution in [2.75, 3.05) is 6.54 Å². The maximum Gasteiger partial charge on any atom is 0.127 e. The van der Waals surface area contributed by atoms with Crippen molar-refractivity contribution in [3.05, 3.63) is 11.1 Å². The Bertz CT molecular complexity index is 243. The SMILES string of the molecule is CC.CCN=C(N)/C(C=N)=C(\C)C(C)C.[HH]. The van der Waals surface area contributed by atoms with E-state index in [-0.39, 0.29) is 1.43 Å². The van der Waals surface area contributed by atoms with E-state index in [1.165, 1.54) is 6.21 Å². The highest BCUT2D eigenvalue weighted by molar-refractivity contribution is 6.14. The highest BCUT2D eigenvalue weighted by Crippen LogP contribution is 2.12. The molecule has 3 nitrogen and oxygen atoms in total. The highest BCUT2D eigenvalue weighted by Gasteiger charge is 2.06. The van der Waals surface area contributed by atoms with E-state index >= 15 is 0 Å². The summed E-state index contributed by atoms with van der Waals surface area (Å²) in [6.45, 7) is 12.7. The van der Waals surface area contributed by atoms with Gasteiger partial charge in [0.25, 0.3) is 0 Å². The highest BCUT2D eigenvalue weighted by atomic mass is 14.8. The van der Waals surface area contributed by atoms with Crippen LogP contribution >= 0.6 is 0 Å². The Morgan fingerprint density at radius 3 is 2.20 bits per heavy atom. The van der Waals surface area contributed by atoms with Crippen molar-refractivity contribution in [2.45, 2.75) is 41.5 Å². The van der Waals surface area contributed by atoms with Gasteiger partial charge in [-0.25, -0.2) is 0 Å². The molecule has 0 atom stereocenters. The fraction of sp³-hybridized carbons (Fsp3) is 0.667. The van der Waals surface area contributed by atoms with E-state index in [2.05, 4.69) is 18.8 Å². The van der Waals surface area contributed by atoms with Crippen molar-refractivity contribution in [3.63, 3.8) is 0 Å². The van der Waals surface area contributed by atoms with Crippen LogP contribution in [0.1, 0.15) is 43.0 Å². The number of aliphatic imine (C=N–C) groups is 1. The zero-order chi connectivity index (χ0) is 12.4. The summed E-state index contributed by atoms with van der Waals surface area (Å²) >= 11 is 0. The zero-order valence-corrected chi connectivity index (χ0v) is 10.9. The second-order valence-electron chi connectivity index (χ2n) is 3.26. The topological polar surface area (TPSA) is 62.2 Å². The summed E-state index contributed by atoms with van der Waals surface area (Å²) in [5.74, 6) is 0.880. The van der Waals surface area contributed by atoms with Gasteiger partial charge < -0.3 is 11.1 Å². The summed E-state index contributed by atoms with van der Waals surface area (Å²) < 4.78 is 0. The normalized spacial score (nSPS) is 12.9. The van der Waals surface area contributed by atoms with Crippen LogP contribution in [-0.2, 0) is 0 Å². The summed E-state index contributed by atoms with van der Waals surface area (Å²) in [6.07, 6.45) is 1.28. The van der Waals surface area contributed by atoms with Crippen LogP contribution in [-0.4, -0.2) is 18.6 Å². The molecular weight excluding hydrogens is 186 g/mol. The molecule has 3 N–H and O–H groups in total. The molecule has 0 spiro atoms. The molecule has 0 aromatic rings. The number of amidine groups is 1. The van der Waals surface area contributed by atoms with Crippen LogP contribution in [0, 0.1) is 11.3 Å². The minimum Gasteiger partial charge on any atom is -0.383 e. The van der Waals surface area contributed by atoms with Gasteiger partial charge >= 0.3 is 0 Å². The van der Waals surface area contributed by atoms with Gasteiger partial charge in [0.05, 0.1) is 0 Å². The van der Waals surface area contributed by atoms with Crippen molar-refractivity contribution in [2.24, 2.45) is 16.6 Å². The van der Waals surface area contributed by atoms with E-state index < -0.39 is 0 Å². The summed E-state index contributed by atoms with van der Waals surface area (Å²) in [7, 11) is 0. The van der Waals surface area contributed by atoms with Crippen molar-refractivity contribution in [3.8, 4) is 0 Å². The molecule has 0 aromatic carbocycles. The van der Waals surface area contributed by atoms with Crippen LogP contribution in [0.4, 0.5) is 0 Å². The van der Waals surface area contributed by atoms with Gasteiger partial charge in [-0.05, 0) is 19.8 Å². The quantitative estimate of drug-likeness (QED) is 0.546. The molecule has 90 valence electrons. The van der Waals surface area contributed by atoms with E-state index in [4.69, 9.17) is 11.1 Å². The van der Waals surface area contributed by atoms with E-state index in [0.29, 0.717) is 18.3 Å². The first kappa shape index (κ1) is 16.3. The molecule has 0 radical (unpaired) electrons. The third-order valence-corrected chi connectivity index (χ3v) is 2.04. The van der Waals surface area contributed by atoms with Crippen molar-refractivity contribution >= 4 is 12.1 Å². The number of nitrogens with one attached hydrogen (secondary N) is 1. The van der Waals surface area contributed by atoms with E-state index in [9.17, 15) is 0 Å². The van der Waals surface area contributed by atoms with Crippen LogP contribution in [0.5, 0.6) is 0 Å². The monoisotopic (exact) mass is 213 g/mol. The summed E-state index contributed by atoms with van der Waals surface area (Å²) in [5, 5.41) is 7.25. The molecule has 0 fully saturated rings. The third kappa shape index (κ3) is 6.05. The Hall–Kier alpha value is -1.12. The average Bonchev–Trinajstić information content (AvgIpc) is 2.22. The number of hydrogen-bond donors (Lipinski definition) is 2. The molecule has 0 aromatic heterocycles. The lowest BCUT2D eigenvalue weighted by atomic mass is 9.99. The van der Waals surface area contributed by atoms with Crippen LogP contribution < -0.4 is 5.73 Å². The molecule has 0 aliphatic rings. The van der Waals surface area contributed by atoms with Crippen LogP contribution in [0.15, 0.2) is 16.1 Å². The minimum absolute atomic E-state index is 0. The van der Waals surface area contributed by atoms with E-state index in [0.717, 1.165) is 11.1 Å². The second-order valence-corrected chi connectivity index (χ2v) is 3.26. The lowest BCUT2D eigenvalue weighted by molar-refractivity contribution is 0.767. The molecule has 3 heteroatoms. The molecule has 0 aliphatic carbocycles.